The number of hydrogen-bond donors (Lipinski definition) is 1. The van der Waals surface area contributed by atoms with E-state index in [0.717, 1.165) is 10.0 Å². The standard InChI is InChI=1S/C16H12BrN3O3/c1-23-13-6-10(5-11(17)7-13)15-8-14(16(21)22)19-20(15)12-3-2-4-18-9-12/h2-9H,1H3,(H,21,22). The summed E-state index contributed by atoms with van der Waals surface area (Å²) in [6.07, 6.45) is 3.27. The van der Waals surface area contributed by atoms with Crippen molar-refractivity contribution in [1.82, 2.24) is 14.8 Å². The van der Waals surface area contributed by atoms with E-state index < -0.39 is 5.97 Å². The fourth-order valence-corrected chi connectivity index (χ4v) is 2.67. The summed E-state index contributed by atoms with van der Waals surface area (Å²) in [6.45, 7) is 0. The van der Waals surface area contributed by atoms with Crippen molar-refractivity contribution in [3.63, 3.8) is 0 Å². The van der Waals surface area contributed by atoms with Crippen molar-refractivity contribution < 1.29 is 14.6 Å². The summed E-state index contributed by atoms with van der Waals surface area (Å²) in [6, 6.07) is 10.6. The van der Waals surface area contributed by atoms with Crippen LogP contribution in [0.1, 0.15) is 10.5 Å². The van der Waals surface area contributed by atoms with Gasteiger partial charge in [-0.3, -0.25) is 4.98 Å². The zero-order valence-corrected chi connectivity index (χ0v) is 13.7. The Morgan fingerprint density at radius 2 is 2.13 bits per heavy atom. The van der Waals surface area contributed by atoms with E-state index in [9.17, 15) is 9.90 Å². The average Bonchev–Trinajstić information content (AvgIpc) is 3.00. The third kappa shape index (κ3) is 3.09. The molecule has 2 aromatic heterocycles. The molecule has 2 heterocycles. The first-order valence-electron chi connectivity index (χ1n) is 6.67. The van der Waals surface area contributed by atoms with Gasteiger partial charge in [0.15, 0.2) is 5.69 Å². The minimum absolute atomic E-state index is 0.0391. The molecule has 1 aromatic carbocycles. The van der Waals surface area contributed by atoms with Crippen LogP contribution in [0.25, 0.3) is 16.9 Å². The Hall–Kier alpha value is -2.67. The van der Waals surface area contributed by atoms with Crippen LogP contribution in [0.5, 0.6) is 5.75 Å². The maximum atomic E-state index is 11.3. The molecule has 116 valence electrons. The summed E-state index contributed by atoms with van der Waals surface area (Å²) in [5, 5.41) is 13.4. The van der Waals surface area contributed by atoms with E-state index in [1.165, 1.54) is 6.07 Å². The van der Waals surface area contributed by atoms with Gasteiger partial charge in [-0.15, -0.1) is 0 Å². The first-order valence-corrected chi connectivity index (χ1v) is 7.46. The van der Waals surface area contributed by atoms with Gasteiger partial charge in [0.05, 0.1) is 24.7 Å². The Balaban J connectivity index is 2.22. The molecule has 0 spiro atoms. The molecule has 0 saturated carbocycles. The highest BCUT2D eigenvalue weighted by Crippen LogP contribution is 2.30. The summed E-state index contributed by atoms with van der Waals surface area (Å²) >= 11 is 3.43. The highest BCUT2D eigenvalue weighted by Gasteiger charge is 2.17. The van der Waals surface area contributed by atoms with Crippen molar-refractivity contribution >= 4 is 21.9 Å². The van der Waals surface area contributed by atoms with Crippen LogP contribution in [0.15, 0.2) is 53.3 Å². The number of benzene rings is 1. The SMILES string of the molecule is COc1cc(Br)cc(-c2cc(C(=O)O)nn2-c2cccnc2)c1. The molecule has 3 rings (SSSR count). The maximum Gasteiger partial charge on any atom is 0.356 e. The van der Waals surface area contributed by atoms with Gasteiger partial charge in [-0.1, -0.05) is 15.9 Å². The van der Waals surface area contributed by atoms with E-state index in [2.05, 4.69) is 26.0 Å². The number of nitrogens with zero attached hydrogens (tertiary/aromatic N) is 3. The van der Waals surface area contributed by atoms with Gasteiger partial charge in [0, 0.05) is 16.2 Å². The molecule has 23 heavy (non-hydrogen) atoms. The van der Waals surface area contributed by atoms with Crippen LogP contribution in [0.2, 0.25) is 0 Å². The molecule has 0 bridgehead atoms. The molecule has 6 nitrogen and oxygen atoms in total. The van der Waals surface area contributed by atoms with E-state index in [1.54, 1.807) is 30.3 Å². The lowest BCUT2D eigenvalue weighted by Gasteiger charge is -2.09. The summed E-state index contributed by atoms with van der Waals surface area (Å²) < 4.78 is 7.64. The maximum absolute atomic E-state index is 11.3. The molecule has 3 aromatic rings. The first kappa shape index (κ1) is 15.2. The Morgan fingerprint density at radius 3 is 2.78 bits per heavy atom. The molecule has 0 unspecified atom stereocenters. The topological polar surface area (TPSA) is 77.2 Å². The Morgan fingerprint density at radius 1 is 1.30 bits per heavy atom. The van der Waals surface area contributed by atoms with Crippen molar-refractivity contribution in [1.29, 1.82) is 0 Å². The first-order chi connectivity index (χ1) is 11.1. The number of carboxylic acids is 1. The molecule has 0 radical (unpaired) electrons. The van der Waals surface area contributed by atoms with Crippen LogP contribution in [0.3, 0.4) is 0 Å². The van der Waals surface area contributed by atoms with Crippen molar-refractivity contribution in [2.24, 2.45) is 0 Å². The fraction of sp³-hybridized carbons (Fsp3) is 0.0625. The number of ether oxygens (including phenoxy) is 1. The lowest BCUT2D eigenvalue weighted by atomic mass is 10.1. The summed E-state index contributed by atoms with van der Waals surface area (Å²) in [5.41, 5.74) is 2.05. The number of carbonyl (C=O) groups is 1. The molecule has 0 amide bonds. The predicted octanol–water partition coefficient (Wildman–Crippen LogP) is 3.40. The molecule has 0 saturated heterocycles. The van der Waals surface area contributed by atoms with Crippen molar-refractivity contribution in [3.05, 3.63) is 59.0 Å². The van der Waals surface area contributed by atoms with Gasteiger partial charge in [-0.25, -0.2) is 9.48 Å². The molecule has 0 atom stereocenters. The minimum atomic E-state index is -1.09. The monoisotopic (exact) mass is 373 g/mol. The third-order valence-electron chi connectivity index (χ3n) is 3.22. The van der Waals surface area contributed by atoms with Gasteiger partial charge in [-0.05, 0) is 36.4 Å². The Labute approximate surface area is 140 Å². The Bertz CT molecular complexity index is 862. The molecule has 1 N–H and O–H groups in total. The van der Waals surface area contributed by atoms with Crippen LogP contribution in [-0.4, -0.2) is 33.0 Å². The minimum Gasteiger partial charge on any atom is -0.497 e. The molecular formula is C16H12BrN3O3. The van der Waals surface area contributed by atoms with Gasteiger partial charge in [0.25, 0.3) is 0 Å². The molecule has 0 aliphatic heterocycles. The highest BCUT2D eigenvalue weighted by atomic mass is 79.9. The summed E-state index contributed by atoms with van der Waals surface area (Å²) in [5.74, 6) is -0.430. The number of hydrogen-bond acceptors (Lipinski definition) is 4. The summed E-state index contributed by atoms with van der Waals surface area (Å²) in [7, 11) is 1.58. The van der Waals surface area contributed by atoms with E-state index >= 15 is 0 Å². The number of carboxylic acid groups (broad SMARTS) is 1. The molecule has 7 heteroatoms. The average molecular weight is 374 g/mol. The van der Waals surface area contributed by atoms with Crippen LogP contribution >= 0.6 is 15.9 Å². The lowest BCUT2D eigenvalue weighted by Crippen LogP contribution is -2.02. The smallest absolute Gasteiger partial charge is 0.356 e. The van der Waals surface area contributed by atoms with Crippen molar-refractivity contribution in [2.45, 2.75) is 0 Å². The largest absolute Gasteiger partial charge is 0.497 e. The van der Waals surface area contributed by atoms with Gasteiger partial charge >= 0.3 is 5.97 Å². The van der Waals surface area contributed by atoms with E-state index in [4.69, 9.17) is 4.74 Å². The summed E-state index contributed by atoms with van der Waals surface area (Å²) in [4.78, 5) is 15.4. The highest BCUT2D eigenvalue weighted by molar-refractivity contribution is 9.10. The van der Waals surface area contributed by atoms with E-state index in [1.807, 2.05) is 24.3 Å². The zero-order chi connectivity index (χ0) is 16.4. The van der Waals surface area contributed by atoms with Crippen LogP contribution < -0.4 is 4.74 Å². The second-order valence-electron chi connectivity index (χ2n) is 4.72. The second-order valence-corrected chi connectivity index (χ2v) is 5.64. The normalized spacial score (nSPS) is 10.5. The third-order valence-corrected chi connectivity index (χ3v) is 3.68. The fourth-order valence-electron chi connectivity index (χ4n) is 2.20. The van der Waals surface area contributed by atoms with Crippen LogP contribution in [0.4, 0.5) is 0 Å². The van der Waals surface area contributed by atoms with Crippen molar-refractivity contribution in [3.8, 4) is 22.7 Å². The second kappa shape index (κ2) is 6.21. The van der Waals surface area contributed by atoms with Gasteiger partial charge < -0.3 is 9.84 Å². The molecule has 0 aliphatic rings. The van der Waals surface area contributed by atoms with Gasteiger partial charge in [0.1, 0.15) is 5.75 Å². The quantitative estimate of drug-likeness (QED) is 0.758. The van der Waals surface area contributed by atoms with Gasteiger partial charge in [-0.2, -0.15) is 5.10 Å². The molecular weight excluding hydrogens is 362 g/mol. The number of aromatic carboxylic acids is 1. The predicted molar refractivity (Wildman–Crippen MR) is 88.0 cm³/mol. The number of aromatic nitrogens is 3. The molecule has 0 aliphatic carbocycles. The number of halogens is 1. The van der Waals surface area contributed by atoms with Crippen molar-refractivity contribution in [2.75, 3.05) is 7.11 Å². The van der Waals surface area contributed by atoms with Gasteiger partial charge in [0.2, 0.25) is 0 Å². The number of methoxy groups -OCH3 is 1. The zero-order valence-electron chi connectivity index (χ0n) is 12.1. The number of pyridine rings is 1. The lowest BCUT2D eigenvalue weighted by molar-refractivity contribution is 0.0690. The van der Waals surface area contributed by atoms with Crippen LogP contribution in [0, 0.1) is 0 Å². The van der Waals surface area contributed by atoms with E-state index in [0.29, 0.717) is 17.1 Å². The Kier molecular flexibility index (Phi) is 4.12. The van der Waals surface area contributed by atoms with Crippen LogP contribution in [-0.2, 0) is 0 Å². The van der Waals surface area contributed by atoms with E-state index in [-0.39, 0.29) is 5.69 Å². The molecule has 0 fully saturated rings. The number of rotatable bonds is 4.